The molecule has 0 atom stereocenters. The topological polar surface area (TPSA) is 92.8 Å². The number of nitrogens with one attached hydrogen (secondary N) is 1. The molecule has 10 heteroatoms. The third-order valence-electron chi connectivity index (χ3n) is 3.39. The summed E-state index contributed by atoms with van der Waals surface area (Å²) in [5, 5.41) is 2.44. The van der Waals surface area contributed by atoms with Gasteiger partial charge in [0.25, 0.3) is 5.91 Å². The van der Waals surface area contributed by atoms with Gasteiger partial charge in [-0.05, 0) is 58.4 Å². The summed E-state index contributed by atoms with van der Waals surface area (Å²) in [6.07, 6.45) is 0. The number of carbonyl (C=O) groups excluding carboxylic acids is 2. The molecule has 1 N–H and O–H groups in total. The molecule has 1 amide bonds. The Morgan fingerprint density at radius 3 is 2.37 bits per heavy atom. The van der Waals surface area contributed by atoms with Gasteiger partial charge in [-0.3, -0.25) is 4.79 Å². The highest BCUT2D eigenvalue weighted by molar-refractivity contribution is 9.10. The molecule has 7 nitrogen and oxygen atoms in total. The summed E-state index contributed by atoms with van der Waals surface area (Å²) >= 11 is 3.14. The summed E-state index contributed by atoms with van der Waals surface area (Å²) in [5.41, 5.74) is 0.327. The van der Waals surface area contributed by atoms with Crippen LogP contribution < -0.4 is 5.32 Å². The van der Waals surface area contributed by atoms with E-state index in [9.17, 15) is 22.4 Å². The fourth-order valence-electron chi connectivity index (χ4n) is 1.97. The van der Waals surface area contributed by atoms with E-state index in [0.29, 0.717) is 10.2 Å². The highest BCUT2D eigenvalue weighted by atomic mass is 79.9. The molecule has 27 heavy (non-hydrogen) atoms. The van der Waals surface area contributed by atoms with Gasteiger partial charge in [0.05, 0.1) is 10.5 Å². The normalized spacial score (nSPS) is 11.3. The first-order valence-electron chi connectivity index (χ1n) is 7.56. The van der Waals surface area contributed by atoms with Gasteiger partial charge in [0.1, 0.15) is 5.82 Å². The Kier molecular flexibility index (Phi) is 6.68. The average Bonchev–Trinajstić information content (AvgIpc) is 2.61. The van der Waals surface area contributed by atoms with Gasteiger partial charge < -0.3 is 10.1 Å². The van der Waals surface area contributed by atoms with Crippen LogP contribution >= 0.6 is 15.9 Å². The number of esters is 1. The van der Waals surface area contributed by atoms with Gasteiger partial charge in [0.15, 0.2) is 6.61 Å². The summed E-state index contributed by atoms with van der Waals surface area (Å²) in [6.45, 7) is -0.581. The molecule has 0 aliphatic rings. The lowest BCUT2D eigenvalue weighted by atomic mass is 10.2. The van der Waals surface area contributed by atoms with Gasteiger partial charge in [0.2, 0.25) is 10.0 Å². The molecular weight excluding hydrogens is 443 g/mol. The number of carbonyl (C=O) groups is 2. The first kappa shape index (κ1) is 21.0. The predicted octanol–water partition coefficient (Wildman–Crippen LogP) is 2.63. The van der Waals surface area contributed by atoms with Crippen LogP contribution in [-0.4, -0.2) is 45.3 Å². The summed E-state index contributed by atoms with van der Waals surface area (Å²) in [5.74, 6) is -1.92. The van der Waals surface area contributed by atoms with Gasteiger partial charge in [0, 0.05) is 24.3 Å². The Morgan fingerprint density at radius 2 is 1.78 bits per heavy atom. The van der Waals surface area contributed by atoms with Crippen molar-refractivity contribution in [3.63, 3.8) is 0 Å². The smallest absolute Gasteiger partial charge is 0.338 e. The number of nitrogens with zero attached hydrogens (tertiary/aromatic N) is 1. The lowest BCUT2D eigenvalue weighted by Gasteiger charge is -2.14. The average molecular weight is 459 g/mol. The number of amides is 1. The monoisotopic (exact) mass is 458 g/mol. The van der Waals surface area contributed by atoms with E-state index in [-0.39, 0.29) is 10.5 Å². The molecule has 0 aliphatic carbocycles. The van der Waals surface area contributed by atoms with Crippen molar-refractivity contribution in [2.45, 2.75) is 4.90 Å². The largest absolute Gasteiger partial charge is 0.452 e. The molecular formula is C17H16BrFN2O5S. The molecule has 0 aromatic heterocycles. The maximum atomic E-state index is 12.8. The fourth-order valence-corrected chi connectivity index (χ4v) is 3.81. The van der Waals surface area contributed by atoms with E-state index in [0.717, 1.165) is 4.31 Å². The van der Waals surface area contributed by atoms with Crippen molar-refractivity contribution in [1.29, 1.82) is 0 Å². The van der Waals surface area contributed by atoms with Crippen molar-refractivity contribution in [2.24, 2.45) is 0 Å². The lowest BCUT2D eigenvalue weighted by Crippen LogP contribution is -2.23. The fraction of sp³-hybridized carbons (Fsp3) is 0.176. The molecule has 144 valence electrons. The molecule has 2 aromatic carbocycles. The van der Waals surface area contributed by atoms with Gasteiger partial charge in [-0.2, -0.15) is 0 Å². The van der Waals surface area contributed by atoms with Gasteiger partial charge >= 0.3 is 5.97 Å². The number of ether oxygens (including phenoxy) is 1. The second kappa shape index (κ2) is 8.59. The van der Waals surface area contributed by atoms with Crippen molar-refractivity contribution in [2.75, 3.05) is 26.0 Å². The first-order valence-corrected chi connectivity index (χ1v) is 9.79. The molecule has 0 bridgehead atoms. The Hall–Kier alpha value is -2.30. The minimum Gasteiger partial charge on any atom is -0.452 e. The Balaban J connectivity index is 2.06. The minimum atomic E-state index is -3.77. The Morgan fingerprint density at radius 1 is 1.15 bits per heavy atom. The van der Waals surface area contributed by atoms with E-state index in [4.69, 9.17) is 4.74 Å². The molecule has 0 radical (unpaired) electrons. The number of halogens is 2. The molecule has 0 heterocycles. The van der Waals surface area contributed by atoms with Crippen LogP contribution in [0.4, 0.5) is 10.1 Å². The predicted molar refractivity (Wildman–Crippen MR) is 100 cm³/mol. The molecule has 0 aliphatic heterocycles. The van der Waals surface area contributed by atoms with Crippen LogP contribution in [-0.2, 0) is 19.6 Å². The highest BCUT2D eigenvalue weighted by Crippen LogP contribution is 2.25. The number of rotatable bonds is 6. The zero-order chi connectivity index (χ0) is 20.2. The maximum absolute atomic E-state index is 12.8. The molecule has 2 rings (SSSR count). The Labute approximate surface area is 164 Å². The zero-order valence-electron chi connectivity index (χ0n) is 14.4. The number of hydrogen-bond donors (Lipinski definition) is 1. The van der Waals surface area contributed by atoms with Crippen LogP contribution in [0.3, 0.4) is 0 Å². The second-order valence-corrected chi connectivity index (χ2v) is 8.54. The van der Waals surface area contributed by atoms with E-state index in [1.807, 2.05) is 0 Å². The number of hydrogen-bond acceptors (Lipinski definition) is 5. The maximum Gasteiger partial charge on any atom is 0.338 e. The SMILES string of the molecule is CN(C)S(=O)(=O)c1cc(C(=O)OCC(=O)Nc2ccc(F)cc2)ccc1Br. The molecule has 0 unspecified atom stereocenters. The molecule has 0 saturated heterocycles. The van der Waals surface area contributed by atoms with E-state index in [1.54, 1.807) is 0 Å². The van der Waals surface area contributed by atoms with E-state index >= 15 is 0 Å². The summed E-state index contributed by atoms with van der Waals surface area (Å²) in [7, 11) is -1.04. The summed E-state index contributed by atoms with van der Waals surface area (Å²) in [4.78, 5) is 23.8. The van der Waals surface area contributed by atoms with Crippen molar-refractivity contribution in [3.8, 4) is 0 Å². The zero-order valence-corrected chi connectivity index (χ0v) is 16.8. The number of anilines is 1. The third-order valence-corrected chi connectivity index (χ3v) is 6.20. The van der Waals surface area contributed by atoms with Crippen molar-refractivity contribution in [3.05, 3.63) is 58.3 Å². The van der Waals surface area contributed by atoms with Crippen LogP contribution in [0.2, 0.25) is 0 Å². The van der Waals surface area contributed by atoms with Crippen molar-refractivity contribution in [1.82, 2.24) is 4.31 Å². The second-order valence-electron chi connectivity index (χ2n) is 5.56. The standard InChI is InChI=1S/C17H16BrFN2O5S/c1-21(2)27(24,25)15-9-11(3-8-14(15)18)17(23)26-10-16(22)20-13-6-4-12(19)5-7-13/h3-9H,10H2,1-2H3,(H,20,22). The summed E-state index contributed by atoms with van der Waals surface area (Å²) in [6, 6.07) is 9.03. The third kappa shape index (κ3) is 5.34. The molecule has 0 saturated carbocycles. The number of sulfonamides is 1. The van der Waals surface area contributed by atoms with E-state index in [1.165, 1.54) is 56.6 Å². The lowest BCUT2D eigenvalue weighted by molar-refractivity contribution is -0.119. The van der Waals surface area contributed by atoms with Gasteiger partial charge in [-0.25, -0.2) is 21.9 Å². The van der Waals surface area contributed by atoms with Crippen LogP contribution in [0, 0.1) is 5.82 Å². The van der Waals surface area contributed by atoms with Crippen molar-refractivity contribution < 1.29 is 27.1 Å². The van der Waals surface area contributed by atoms with Gasteiger partial charge in [-0.15, -0.1) is 0 Å². The first-order chi connectivity index (χ1) is 12.6. The van der Waals surface area contributed by atoms with E-state index in [2.05, 4.69) is 21.2 Å². The van der Waals surface area contributed by atoms with Crippen LogP contribution in [0.1, 0.15) is 10.4 Å². The van der Waals surface area contributed by atoms with Crippen LogP contribution in [0.25, 0.3) is 0 Å². The summed E-state index contributed by atoms with van der Waals surface area (Å²) < 4.78 is 43.6. The van der Waals surface area contributed by atoms with Crippen molar-refractivity contribution >= 4 is 43.5 Å². The quantitative estimate of drug-likeness (QED) is 0.671. The van der Waals surface area contributed by atoms with Crippen LogP contribution in [0.15, 0.2) is 51.8 Å². The molecule has 0 spiro atoms. The van der Waals surface area contributed by atoms with E-state index < -0.39 is 34.3 Å². The molecule has 2 aromatic rings. The highest BCUT2D eigenvalue weighted by Gasteiger charge is 2.22. The van der Waals surface area contributed by atoms with Crippen LogP contribution in [0.5, 0.6) is 0 Å². The number of benzene rings is 2. The minimum absolute atomic E-state index is 0.0202. The Bertz CT molecular complexity index is 962. The molecule has 0 fully saturated rings. The van der Waals surface area contributed by atoms with Gasteiger partial charge in [-0.1, -0.05) is 0 Å².